The summed E-state index contributed by atoms with van der Waals surface area (Å²) in [6.45, 7) is 0. The largest absolute Gasteiger partial charge is 0.282 e. The highest BCUT2D eigenvalue weighted by Gasteiger charge is 2.34. The van der Waals surface area contributed by atoms with E-state index in [2.05, 4.69) is 5.43 Å². The van der Waals surface area contributed by atoms with E-state index in [-0.39, 0.29) is 5.57 Å². The summed E-state index contributed by atoms with van der Waals surface area (Å²) in [5.41, 5.74) is 4.41. The molecule has 1 fully saturated rings. The summed E-state index contributed by atoms with van der Waals surface area (Å²) >= 11 is 0. The fourth-order valence-corrected chi connectivity index (χ4v) is 2.14. The SMILES string of the molecule is N#Cc1ccc(C=C2C(=O)NN(c3ccccc3)C2=O)cc1. The van der Waals surface area contributed by atoms with Crippen LogP contribution >= 0.6 is 0 Å². The van der Waals surface area contributed by atoms with E-state index in [1.54, 1.807) is 48.5 Å². The fraction of sp³-hybridized carbons (Fsp3) is 0. The number of hydrogen-bond acceptors (Lipinski definition) is 3. The van der Waals surface area contributed by atoms with E-state index >= 15 is 0 Å². The van der Waals surface area contributed by atoms with Crippen molar-refractivity contribution in [3.8, 4) is 6.07 Å². The Morgan fingerprint density at radius 1 is 1.00 bits per heavy atom. The summed E-state index contributed by atoms with van der Waals surface area (Å²) in [4.78, 5) is 24.4. The molecule has 0 saturated carbocycles. The zero-order valence-electron chi connectivity index (χ0n) is 11.5. The zero-order valence-corrected chi connectivity index (χ0v) is 11.5. The summed E-state index contributed by atoms with van der Waals surface area (Å²) in [6.07, 6.45) is 1.52. The van der Waals surface area contributed by atoms with E-state index in [4.69, 9.17) is 5.26 Å². The van der Waals surface area contributed by atoms with Crippen LogP contribution in [0.25, 0.3) is 6.08 Å². The van der Waals surface area contributed by atoms with Gasteiger partial charge in [0, 0.05) is 0 Å². The van der Waals surface area contributed by atoms with Crippen molar-refractivity contribution in [2.45, 2.75) is 0 Å². The van der Waals surface area contributed by atoms with E-state index in [0.717, 1.165) is 0 Å². The first-order valence-electron chi connectivity index (χ1n) is 6.61. The average molecular weight is 289 g/mol. The van der Waals surface area contributed by atoms with Gasteiger partial charge in [0.15, 0.2) is 0 Å². The molecule has 2 aromatic carbocycles. The lowest BCUT2D eigenvalue weighted by Gasteiger charge is -2.13. The van der Waals surface area contributed by atoms with Crippen LogP contribution in [-0.2, 0) is 9.59 Å². The van der Waals surface area contributed by atoms with E-state index in [1.807, 2.05) is 12.1 Å². The van der Waals surface area contributed by atoms with Crippen LogP contribution in [0.15, 0.2) is 60.2 Å². The molecular weight excluding hydrogens is 278 g/mol. The van der Waals surface area contributed by atoms with Gasteiger partial charge in [-0.25, -0.2) is 5.01 Å². The number of para-hydroxylation sites is 1. The zero-order chi connectivity index (χ0) is 15.5. The van der Waals surface area contributed by atoms with Gasteiger partial charge in [0.05, 0.1) is 17.3 Å². The highest BCUT2D eigenvalue weighted by molar-refractivity contribution is 6.31. The van der Waals surface area contributed by atoms with Gasteiger partial charge in [-0.15, -0.1) is 0 Å². The minimum absolute atomic E-state index is 0.0635. The lowest BCUT2D eigenvalue weighted by Crippen LogP contribution is -2.35. The topological polar surface area (TPSA) is 73.2 Å². The third-order valence-electron chi connectivity index (χ3n) is 3.26. The van der Waals surface area contributed by atoms with E-state index in [9.17, 15) is 9.59 Å². The van der Waals surface area contributed by atoms with Crippen molar-refractivity contribution in [1.29, 1.82) is 5.26 Å². The van der Waals surface area contributed by atoms with Crippen molar-refractivity contribution in [1.82, 2.24) is 5.43 Å². The number of carbonyl (C=O) groups is 2. The van der Waals surface area contributed by atoms with Crippen molar-refractivity contribution < 1.29 is 9.59 Å². The summed E-state index contributed by atoms with van der Waals surface area (Å²) in [5.74, 6) is -0.848. The molecule has 5 heteroatoms. The van der Waals surface area contributed by atoms with Gasteiger partial charge >= 0.3 is 0 Å². The van der Waals surface area contributed by atoms with Crippen molar-refractivity contribution in [3.63, 3.8) is 0 Å². The number of nitrogens with zero attached hydrogens (tertiary/aromatic N) is 2. The maximum Gasteiger partial charge on any atom is 0.282 e. The van der Waals surface area contributed by atoms with Gasteiger partial charge in [0.2, 0.25) is 0 Å². The smallest absolute Gasteiger partial charge is 0.267 e. The molecule has 0 radical (unpaired) electrons. The molecule has 1 N–H and O–H groups in total. The Balaban J connectivity index is 1.91. The molecule has 1 aliphatic heterocycles. The normalized spacial score (nSPS) is 15.8. The molecule has 2 aromatic rings. The maximum atomic E-state index is 12.4. The minimum atomic E-state index is -0.446. The molecule has 5 nitrogen and oxygen atoms in total. The van der Waals surface area contributed by atoms with Crippen LogP contribution < -0.4 is 10.4 Å². The van der Waals surface area contributed by atoms with Gasteiger partial charge in [-0.05, 0) is 35.9 Å². The van der Waals surface area contributed by atoms with Crippen LogP contribution in [0.4, 0.5) is 5.69 Å². The molecule has 0 spiro atoms. The predicted molar refractivity (Wildman–Crippen MR) is 81.2 cm³/mol. The second-order valence-corrected chi connectivity index (χ2v) is 4.71. The van der Waals surface area contributed by atoms with E-state index in [1.165, 1.54) is 11.1 Å². The lowest BCUT2D eigenvalue weighted by molar-refractivity contribution is -0.117. The second-order valence-electron chi connectivity index (χ2n) is 4.71. The van der Waals surface area contributed by atoms with Gasteiger partial charge in [-0.2, -0.15) is 5.26 Å². The van der Waals surface area contributed by atoms with Crippen molar-refractivity contribution in [2.75, 3.05) is 5.01 Å². The average Bonchev–Trinajstić information content (AvgIpc) is 2.84. The summed E-state index contributed by atoms with van der Waals surface area (Å²) in [6, 6.07) is 17.6. The molecule has 0 aliphatic carbocycles. The summed E-state index contributed by atoms with van der Waals surface area (Å²) in [7, 11) is 0. The van der Waals surface area contributed by atoms with Gasteiger partial charge < -0.3 is 0 Å². The minimum Gasteiger partial charge on any atom is -0.267 e. The highest BCUT2D eigenvalue weighted by atomic mass is 16.2. The number of hydrogen-bond donors (Lipinski definition) is 1. The van der Waals surface area contributed by atoms with Crippen LogP contribution in [0.2, 0.25) is 0 Å². The van der Waals surface area contributed by atoms with Crippen LogP contribution in [-0.4, -0.2) is 11.8 Å². The standard InChI is InChI=1S/C17H11N3O2/c18-11-13-8-6-12(7-9-13)10-15-16(21)19-20(17(15)22)14-4-2-1-3-5-14/h1-10H,(H,19,21). The fourth-order valence-electron chi connectivity index (χ4n) is 2.14. The van der Waals surface area contributed by atoms with Crippen molar-refractivity contribution in [3.05, 3.63) is 71.3 Å². The molecule has 3 rings (SSSR count). The molecule has 0 atom stereocenters. The lowest BCUT2D eigenvalue weighted by atomic mass is 10.1. The Morgan fingerprint density at radius 3 is 2.32 bits per heavy atom. The number of carbonyl (C=O) groups excluding carboxylic acids is 2. The Bertz CT molecular complexity index is 802. The highest BCUT2D eigenvalue weighted by Crippen LogP contribution is 2.21. The summed E-state index contributed by atoms with van der Waals surface area (Å²) in [5, 5.41) is 9.99. The monoisotopic (exact) mass is 289 g/mol. The van der Waals surface area contributed by atoms with Crippen molar-refractivity contribution in [2.24, 2.45) is 0 Å². The van der Waals surface area contributed by atoms with Crippen LogP contribution in [0, 0.1) is 11.3 Å². The number of rotatable bonds is 2. The maximum absolute atomic E-state index is 12.4. The van der Waals surface area contributed by atoms with Gasteiger partial charge in [-0.1, -0.05) is 30.3 Å². The van der Waals surface area contributed by atoms with Crippen LogP contribution in [0.3, 0.4) is 0 Å². The van der Waals surface area contributed by atoms with Crippen LogP contribution in [0.5, 0.6) is 0 Å². The van der Waals surface area contributed by atoms with E-state index < -0.39 is 11.8 Å². The van der Waals surface area contributed by atoms with Crippen molar-refractivity contribution >= 4 is 23.6 Å². The number of anilines is 1. The quantitative estimate of drug-likeness (QED) is 0.679. The van der Waals surface area contributed by atoms with Gasteiger partial charge in [0.25, 0.3) is 11.8 Å². The molecule has 1 saturated heterocycles. The first-order chi connectivity index (χ1) is 10.7. The first-order valence-corrected chi connectivity index (χ1v) is 6.61. The number of nitriles is 1. The number of nitrogens with one attached hydrogen (secondary N) is 1. The Labute approximate surface area is 127 Å². The first kappa shape index (κ1) is 13.6. The molecule has 0 unspecified atom stereocenters. The molecule has 0 bridgehead atoms. The van der Waals surface area contributed by atoms with Gasteiger partial charge in [-0.3, -0.25) is 15.0 Å². The molecule has 106 valence electrons. The van der Waals surface area contributed by atoms with Gasteiger partial charge in [0.1, 0.15) is 5.57 Å². The molecule has 22 heavy (non-hydrogen) atoms. The molecule has 1 aliphatic rings. The predicted octanol–water partition coefficient (Wildman–Crippen LogP) is 2.02. The summed E-state index contributed by atoms with van der Waals surface area (Å²) < 4.78 is 0. The molecule has 0 aromatic heterocycles. The molecular formula is C17H11N3O2. The number of amides is 2. The Kier molecular flexibility index (Phi) is 3.42. The van der Waals surface area contributed by atoms with E-state index in [0.29, 0.717) is 16.8 Å². The Morgan fingerprint density at radius 2 is 1.68 bits per heavy atom. The third kappa shape index (κ3) is 2.45. The molecule has 2 amide bonds. The van der Waals surface area contributed by atoms with Crippen LogP contribution in [0.1, 0.15) is 11.1 Å². The number of hydrazine groups is 1. The number of benzene rings is 2. The third-order valence-corrected chi connectivity index (χ3v) is 3.26. The second kappa shape index (κ2) is 5.54. The Hall–Kier alpha value is -3.39. The molecule has 1 heterocycles.